The molecule has 0 radical (unpaired) electrons. The summed E-state index contributed by atoms with van der Waals surface area (Å²) in [5, 5.41) is 15.8. The maximum atomic E-state index is 12.7. The number of carbonyl (C=O) groups is 3. The third kappa shape index (κ3) is 1.64. The zero-order valence-electron chi connectivity index (χ0n) is 13.1. The van der Waals surface area contributed by atoms with Crippen LogP contribution in [0.5, 0.6) is 0 Å². The van der Waals surface area contributed by atoms with Gasteiger partial charge in [0, 0.05) is 5.41 Å². The van der Waals surface area contributed by atoms with Crippen LogP contribution >= 0.6 is 0 Å². The van der Waals surface area contributed by atoms with Crippen LogP contribution in [0.3, 0.4) is 0 Å². The third-order valence-electron chi connectivity index (χ3n) is 5.93. The standard InChI is InChI=1S/C16H18N2O5/c1-14(2)15(3)6-7-16(14,13(21)22)10(11(15)19)17-18-12(20)9-5-4-8-23-9/h4-5,8H,6-7H2,1-3H3,(H,18,20)(H,21,22)/p-1/b17-10+/t15-,16+/m1/s1. The van der Waals surface area contributed by atoms with Gasteiger partial charge in [-0.05, 0) is 30.4 Å². The van der Waals surface area contributed by atoms with E-state index in [1.54, 1.807) is 20.8 Å². The molecule has 122 valence electrons. The number of hydrogen-bond acceptors (Lipinski definition) is 6. The minimum absolute atomic E-state index is 0.0259. The summed E-state index contributed by atoms with van der Waals surface area (Å²) in [5.74, 6) is -2.30. The Bertz CT molecular complexity index is 734. The van der Waals surface area contributed by atoms with Gasteiger partial charge in [-0.1, -0.05) is 20.8 Å². The van der Waals surface area contributed by atoms with Crippen LogP contribution in [0.1, 0.15) is 44.2 Å². The molecule has 7 heteroatoms. The van der Waals surface area contributed by atoms with Gasteiger partial charge in [0.25, 0.3) is 0 Å². The van der Waals surface area contributed by atoms with Crippen LogP contribution in [0, 0.1) is 16.2 Å². The Kier molecular flexibility index (Phi) is 3.05. The number of carboxylic acid groups (broad SMARTS) is 1. The van der Waals surface area contributed by atoms with Crippen molar-refractivity contribution >= 4 is 23.4 Å². The maximum absolute atomic E-state index is 12.7. The second kappa shape index (κ2) is 4.53. The molecule has 2 saturated carbocycles. The van der Waals surface area contributed by atoms with Gasteiger partial charge in [-0.25, -0.2) is 5.43 Å². The second-order valence-electron chi connectivity index (χ2n) is 6.86. The lowest BCUT2D eigenvalue weighted by Crippen LogP contribution is -2.52. The summed E-state index contributed by atoms with van der Waals surface area (Å²) in [6, 6.07) is 2.98. The normalized spacial score (nSPS) is 33.2. The lowest BCUT2D eigenvalue weighted by atomic mass is 9.65. The number of rotatable bonds is 3. The molecule has 23 heavy (non-hydrogen) atoms. The highest BCUT2D eigenvalue weighted by Crippen LogP contribution is 2.69. The van der Waals surface area contributed by atoms with Crippen molar-refractivity contribution in [2.75, 3.05) is 0 Å². The minimum atomic E-state index is -1.49. The van der Waals surface area contributed by atoms with E-state index >= 15 is 0 Å². The molecule has 2 aliphatic rings. The van der Waals surface area contributed by atoms with Crippen molar-refractivity contribution < 1.29 is 23.9 Å². The fourth-order valence-electron chi connectivity index (χ4n) is 3.97. The van der Waals surface area contributed by atoms with E-state index in [1.165, 1.54) is 18.4 Å². The van der Waals surface area contributed by atoms with Crippen LogP contribution in [0.25, 0.3) is 0 Å². The zero-order chi connectivity index (χ0) is 17.0. The molecule has 0 spiro atoms. The first-order valence-electron chi connectivity index (χ1n) is 7.37. The largest absolute Gasteiger partial charge is 0.549 e. The molecule has 0 unspecified atom stereocenters. The van der Waals surface area contributed by atoms with Crippen molar-refractivity contribution in [2.24, 2.45) is 21.3 Å². The van der Waals surface area contributed by atoms with Gasteiger partial charge >= 0.3 is 5.91 Å². The fraction of sp³-hybridized carbons (Fsp3) is 0.500. The summed E-state index contributed by atoms with van der Waals surface area (Å²) in [6.45, 7) is 5.23. The Morgan fingerprint density at radius 2 is 2.00 bits per heavy atom. The highest BCUT2D eigenvalue weighted by molar-refractivity contribution is 6.50. The van der Waals surface area contributed by atoms with Crippen molar-refractivity contribution in [1.82, 2.24) is 5.43 Å². The third-order valence-corrected chi connectivity index (χ3v) is 5.93. The maximum Gasteiger partial charge on any atom is 0.307 e. The monoisotopic (exact) mass is 317 g/mol. The first-order chi connectivity index (χ1) is 10.7. The van der Waals surface area contributed by atoms with E-state index in [4.69, 9.17) is 4.42 Å². The summed E-state index contributed by atoms with van der Waals surface area (Å²) in [7, 11) is 0. The summed E-state index contributed by atoms with van der Waals surface area (Å²) >= 11 is 0. The molecule has 1 heterocycles. The summed E-state index contributed by atoms with van der Waals surface area (Å²) in [4.78, 5) is 36.5. The molecule has 1 amide bonds. The molecule has 1 aromatic rings. The number of nitrogens with one attached hydrogen (secondary N) is 1. The summed E-state index contributed by atoms with van der Waals surface area (Å²) < 4.78 is 4.94. The fourth-order valence-corrected chi connectivity index (χ4v) is 3.97. The lowest BCUT2D eigenvalue weighted by molar-refractivity contribution is -0.318. The van der Waals surface area contributed by atoms with E-state index in [2.05, 4.69) is 10.5 Å². The molecule has 1 aromatic heterocycles. The number of Topliss-reactive ketones (excluding diaryl/α,β-unsaturated/α-hetero) is 1. The number of carboxylic acids is 1. The number of hydrazone groups is 1. The highest BCUT2D eigenvalue weighted by atomic mass is 16.4. The first kappa shape index (κ1) is 15.5. The van der Waals surface area contributed by atoms with E-state index in [1.807, 2.05) is 0 Å². The zero-order valence-corrected chi connectivity index (χ0v) is 13.1. The van der Waals surface area contributed by atoms with Gasteiger partial charge in [0.15, 0.2) is 11.5 Å². The Hall–Kier alpha value is -2.44. The number of aliphatic carboxylic acids is 1. The number of fused-ring (bicyclic) bond motifs is 2. The quantitative estimate of drug-likeness (QED) is 0.816. The number of hydrogen-bond donors (Lipinski definition) is 1. The Labute approximate surface area is 132 Å². The van der Waals surface area contributed by atoms with Crippen molar-refractivity contribution in [3.63, 3.8) is 0 Å². The molecule has 3 rings (SSSR count). The molecule has 0 aromatic carbocycles. The van der Waals surface area contributed by atoms with Crippen LogP contribution in [0.4, 0.5) is 0 Å². The predicted octanol–water partition coefficient (Wildman–Crippen LogP) is 0.511. The van der Waals surface area contributed by atoms with Crippen LogP contribution in [0.2, 0.25) is 0 Å². The molecule has 0 aliphatic heterocycles. The smallest absolute Gasteiger partial charge is 0.307 e. The van der Waals surface area contributed by atoms with Gasteiger partial charge in [-0.2, -0.15) is 5.10 Å². The van der Waals surface area contributed by atoms with Crippen LogP contribution in [-0.4, -0.2) is 23.4 Å². The Morgan fingerprint density at radius 1 is 1.30 bits per heavy atom. The van der Waals surface area contributed by atoms with E-state index < -0.39 is 28.1 Å². The van der Waals surface area contributed by atoms with E-state index in [9.17, 15) is 19.5 Å². The van der Waals surface area contributed by atoms with Gasteiger partial charge in [0.1, 0.15) is 5.71 Å². The van der Waals surface area contributed by atoms with Crippen molar-refractivity contribution in [1.29, 1.82) is 0 Å². The van der Waals surface area contributed by atoms with Gasteiger partial charge in [-0.15, -0.1) is 0 Å². The van der Waals surface area contributed by atoms with Crippen LogP contribution in [-0.2, 0) is 9.59 Å². The van der Waals surface area contributed by atoms with Crippen LogP contribution in [0.15, 0.2) is 27.9 Å². The van der Waals surface area contributed by atoms with Gasteiger partial charge in [0.2, 0.25) is 0 Å². The van der Waals surface area contributed by atoms with Crippen LogP contribution < -0.4 is 10.5 Å². The van der Waals surface area contributed by atoms with Crippen molar-refractivity contribution in [3.8, 4) is 0 Å². The molecule has 2 aliphatic carbocycles. The molecule has 2 bridgehead atoms. The van der Waals surface area contributed by atoms with Gasteiger partial charge in [0.05, 0.1) is 17.6 Å². The molecule has 1 N–H and O–H groups in total. The molecule has 7 nitrogen and oxygen atoms in total. The molecule has 2 fully saturated rings. The Morgan fingerprint density at radius 3 is 2.57 bits per heavy atom. The number of carbonyl (C=O) groups excluding carboxylic acids is 3. The average molecular weight is 317 g/mol. The van der Waals surface area contributed by atoms with Gasteiger partial charge < -0.3 is 14.3 Å². The van der Waals surface area contributed by atoms with E-state index in [0.29, 0.717) is 6.42 Å². The second-order valence-corrected chi connectivity index (χ2v) is 6.86. The predicted molar refractivity (Wildman–Crippen MR) is 77.2 cm³/mol. The first-order valence-corrected chi connectivity index (χ1v) is 7.37. The molecular weight excluding hydrogens is 300 g/mol. The molecule has 2 atom stereocenters. The van der Waals surface area contributed by atoms with E-state index in [-0.39, 0.29) is 23.7 Å². The number of amides is 1. The van der Waals surface area contributed by atoms with E-state index in [0.717, 1.165) is 0 Å². The number of furan rings is 1. The number of ketones is 1. The summed E-state index contributed by atoms with van der Waals surface area (Å²) in [5.41, 5.74) is -1.09. The topological polar surface area (TPSA) is 112 Å². The lowest BCUT2D eigenvalue weighted by Gasteiger charge is -2.39. The number of nitrogens with zero attached hydrogens (tertiary/aromatic N) is 1. The van der Waals surface area contributed by atoms with Gasteiger partial charge in [-0.3, -0.25) is 9.59 Å². The molecular formula is C16H17N2O5-. The minimum Gasteiger partial charge on any atom is -0.549 e. The van der Waals surface area contributed by atoms with Crippen molar-refractivity contribution in [3.05, 3.63) is 24.2 Å². The SMILES string of the molecule is CC1(C)[C@]2(C)CC[C@@]1(C(=O)[O-])/C(=N/NC(=O)c1ccco1)C2=O. The summed E-state index contributed by atoms with van der Waals surface area (Å²) in [6.07, 6.45) is 2.05. The Balaban J connectivity index is 2.02. The average Bonchev–Trinajstić information content (AvgIpc) is 3.10. The van der Waals surface area contributed by atoms with Crippen molar-refractivity contribution in [2.45, 2.75) is 33.6 Å². The molecule has 0 saturated heterocycles. The highest BCUT2D eigenvalue weighted by Gasteiger charge is 2.74.